The smallest absolute Gasteiger partial charge is 0.267 e. The minimum Gasteiger partial charge on any atom is -0.334 e. The fourth-order valence-electron chi connectivity index (χ4n) is 3.27. The second-order valence-corrected chi connectivity index (χ2v) is 8.01. The molecule has 8 heteroatoms. The maximum Gasteiger partial charge on any atom is 0.267 e. The number of fused-ring (bicyclic) bond motifs is 1. The number of anilines is 1. The Hall–Kier alpha value is -2.74. The Labute approximate surface area is 155 Å². The van der Waals surface area contributed by atoms with E-state index in [1.54, 1.807) is 24.3 Å². The Bertz CT molecular complexity index is 1070. The van der Waals surface area contributed by atoms with E-state index < -0.39 is 26.6 Å². The molecule has 1 N–H and O–H groups in total. The van der Waals surface area contributed by atoms with Crippen LogP contribution in [-0.2, 0) is 23.0 Å². The molecule has 0 atom stereocenters. The van der Waals surface area contributed by atoms with Gasteiger partial charge >= 0.3 is 0 Å². The third kappa shape index (κ3) is 3.32. The number of para-hydroxylation sites is 1. The molecule has 4 rings (SSSR count). The molecule has 1 aliphatic heterocycles. The average Bonchev–Trinajstić information content (AvgIpc) is 3.05. The van der Waals surface area contributed by atoms with Gasteiger partial charge in [0.05, 0.1) is 11.4 Å². The molecule has 0 aliphatic carbocycles. The van der Waals surface area contributed by atoms with Crippen molar-refractivity contribution in [3.8, 4) is 11.3 Å². The fraction of sp³-hybridized carbons (Fsp3) is 0.211. The highest BCUT2D eigenvalue weighted by atomic mass is 32.2. The number of aromatic nitrogens is 2. The van der Waals surface area contributed by atoms with E-state index in [0.29, 0.717) is 11.3 Å². The van der Waals surface area contributed by atoms with Gasteiger partial charge in [0, 0.05) is 24.7 Å². The van der Waals surface area contributed by atoms with Crippen molar-refractivity contribution in [2.45, 2.75) is 30.7 Å². The summed E-state index contributed by atoms with van der Waals surface area (Å²) in [5.74, 6) is -1.33. The van der Waals surface area contributed by atoms with Crippen molar-refractivity contribution < 1.29 is 17.2 Å². The van der Waals surface area contributed by atoms with Gasteiger partial charge in [-0.05, 0) is 31.0 Å². The molecule has 0 fully saturated rings. The number of hydrogen-bond acceptors (Lipinski definition) is 3. The van der Waals surface area contributed by atoms with Gasteiger partial charge in [-0.1, -0.05) is 24.3 Å². The number of nitrogens with one attached hydrogen (secondary N) is 1. The van der Waals surface area contributed by atoms with Gasteiger partial charge in [-0.25, -0.2) is 22.2 Å². The van der Waals surface area contributed by atoms with E-state index >= 15 is 0 Å². The van der Waals surface area contributed by atoms with Crippen molar-refractivity contribution in [1.82, 2.24) is 9.55 Å². The number of aryl methyl sites for hydroxylation is 2. The number of rotatable bonds is 4. The van der Waals surface area contributed by atoms with E-state index in [4.69, 9.17) is 0 Å². The maximum absolute atomic E-state index is 14.0. The van der Waals surface area contributed by atoms with Gasteiger partial charge in [0.15, 0.2) is 4.90 Å². The van der Waals surface area contributed by atoms with Gasteiger partial charge in [0.2, 0.25) is 0 Å². The van der Waals surface area contributed by atoms with Crippen LogP contribution in [0.25, 0.3) is 11.3 Å². The third-order valence-electron chi connectivity index (χ3n) is 4.54. The fourth-order valence-corrected chi connectivity index (χ4v) is 4.49. The summed E-state index contributed by atoms with van der Waals surface area (Å²) in [6, 6.07) is 9.62. The predicted molar refractivity (Wildman–Crippen MR) is 97.8 cm³/mol. The number of halogens is 2. The normalized spacial score (nSPS) is 14.0. The van der Waals surface area contributed by atoms with E-state index in [9.17, 15) is 17.2 Å². The Balaban J connectivity index is 1.75. The predicted octanol–water partition coefficient (Wildman–Crippen LogP) is 3.97. The van der Waals surface area contributed by atoms with E-state index in [1.165, 1.54) is 0 Å². The van der Waals surface area contributed by atoms with Gasteiger partial charge in [0.25, 0.3) is 10.0 Å². The molecule has 2 aromatic carbocycles. The number of benzene rings is 2. The third-order valence-corrected chi connectivity index (χ3v) is 5.96. The van der Waals surface area contributed by atoms with Gasteiger partial charge in [0.1, 0.15) is 17.5 Å². The first kappa shape index (κ1) is 17.7. The van der Waals surface area contributed by atoms with E-state index in [2.05, 4.69) is 14.3 Å². The van der Waals surface area contributed by atoms with Crippen molar-refractivity contribution in [2.75, 3.05) is 4.72 Å². The lowest BCUT2D eigenvalue weighted by Gasteiger charge is -2.12. The molecule has 0 radical (unpaired) electrons. The molecule has 0 bridgehead atoms. The van der Waals surface area contributed by atoms with Crippen molar-refractivity contribution in [2.24, 2.45) is 0 Å². The van der Waals surface area contributed by atoms with Crippen LogP contribution in [0.4, 0.5) is 14.5 Å². The van der Waals surface area contributed by atoms with Gasteiger partial charge in [-0.15, -0.1) is 0 Å². The van der Waals surface area contributed by atoms with Crippen molar-refractivity contribution >= 4 is 15.7 Å². The summed E-state index contributed by atoms with van der Waals surface area (Å²) in [6.45, 7) is 0.872. The van der Waals surface area contributed by atoms with Crippen molar-refractivity contribution in [3.63, 3.8) is 0 Å². The Morgan fingerprint density at radius 2 is 1.74 bits per heavy atom. The minimum absolute atomic E-state index is 0.218. The standard InChI is InChI=1S/C19H17F2N3O2S/c20-14-7-5-8-15(21)19(14)27(25,26)23-16-9-2-1-6-13(16)17-12-24-11-4-3-10-18(24)22-17/h1-2,5-9,12,23H,3-4,10-11H2. The summed E-state index contributed by atoms with van der Waals surface area (Å²) in [4.78, 5) is 3.60. The molecule has 140 valence electrons. The van der Waals surface area contributed by atoms with Crippen molar-refractivity contribution in [3.05, 3.63) is 66.1 Å². The molecule has 3 aromatic rings. The van der Waals surface area contributed by atoms with Gasteiger partial charge < -0.3 is 4.57 Å². The van der Waals surface area contributed by atoms with Crippen LogP contribution in [0, 0.1) is 11.6 Å². The zero-order valence-corrected chi connectivity index (χ0v) is 15.1. The first-order valence-corrected chi connectivity index (χ1v) is 10.1. The summed E-state index contributed by atoms with van der Waals surface area (Å²) < 4.78 is 57.5. The first-order chi connectivity index (χ1) is 13.0. The van der Waals surface area contributed by atoms with Crippen LogP contribution in [0.15, 0.2) is 53.6 Å². The molecule has 1 aromatic heterocycles. The molecule has 0 saturated carbocycles. The highest BCUT2D eigenvalue weighted by Crippen LogP contribution is 2.31. The lowest BCUT2D eigenvalue weighted by Crippen LogP contribution is -2.17. The number of imidazole rings is 1. The summed E-state index contributed by atoms with van der Waals surface area (Å²) in [7, 11) is -4.44. The first-order valence-electron chi connectivity index (χ1n) is 8.58. The highest BCUT2D eigenvalue weighted by molar-refractivity contribution is 7.92. The Morgan fingerprint density at radius 1 is 1.00 bits per heavy atom. The van der Waals surface area contributed by atoms with Crippen LogP contribution < -0.4 is 4.72 Å². The number of sulfonamides is 1. The summed E-state index contributed by atoms with van der Waals surface area (Å²) in [6.07, 6.45) is 4.89. The molecule has 0 spiro atoms. The molecule has 2 heterocycles. The van der Waals surface area contributed by atoms with E-state index in [1.807, 2.05) is 6.20 Å². The average molecular weight is 389 g/mol. The van der Waals surface area contributed by atoms with Crippen LogP contribution in [0.5, 0.6) is 0 Å². The lowest BCUT2D eigenvalue weighted by molar-refractivity contribution is 0.521. The maximum atomic E-state index is 14.0. The van der Waals surface area contributed by atoms with Gasteiger partial charge in [-0.2, -0.15) is 0 Å². The second kappa shape index (κ2) is 6.77. The molecule has 1 aliphatic rings. The molecule has 0 unspecified atom stereocenters. The largest absolute Gasteiger partial charge is 0.334 e. The molecular formula is C19H17F2N3O2S. The molecule has 0 saturated heterocycles. The van der Waals surface area contributed by atoms with E-state index in [0.717, 1.165) is 49.8 Å². The van der Waals surface area contributed by atoms with Crippen molar-refractivity contribution in [1.29, 1.82) is 0 Å². The van der Waals surface area contributed by atoms with E-state index in [-0.39, 0.29) is 5.69 Å². The zero-order valence-electron chi connectivity index (χ0n) is 14.3. The van der Waals surface area contributed by atoms with Gasteiger partial charge in [-0.3, -0.25) is 4.72 Å². The summed E-state index contributed by atoms with van der Waals surface area (Å²) in [5.41, 5.74) is 1.40. The topological polar surface area (TPSA) is 64.0 Å². The highest BCUT2D eigenvalue weighted by Gasteiger charge is 2.25. The zero-order chi connectivity index (χ0) is 19.0. The molecule has 5 nitrogen and oxygen atoms in total. The Morgan fingerprint density at radius 3 is 2.48 bits per heavy atom. The second-order valence-electron chi connectivity index (χ2n) is 6.39. The van der Waals surface area contributed by atoms with Crippen LogP contribution in [0.1, 0.15) is 18.7 Å². The summed E-state index contributed by atoms with van der Waals surface area (Å²) in [5, 5.41) is 0. The summed E-state index contributed by atoms with van der Waals surface area (Å²) >= 11 is 0. The van der Waals surface area contributed by atoms with Crippen LogP contribution in [0.2, 0.25) is 0 Å². The van der Waals surface area contributed by atoms with Crippen LogP contribution in [-0.4, -0.2) is 18.0 Å². The monoisotopic (exact) mass is 389 g/mol. The lowest BCUT2D eigenvalue weighted by atomic mass is 10.1. The van der Waals surface area contributed by atoms with Crippen LogP contribution >= 0.6 is 0 Å². The minimum atomic E-state index is -4.44. The Kier molecular flexibility index (Phi) is 4.43. The number of nitrogens with zero attached hydrogens (tertiary/aromatic N) is 2. The molecular weight excluding hydrogens is 372 g/mol. The quantitative estimate of drug-likeness (QED) is 0.735. The molecule has 0 amide bonds. The molecule has 27 heavy (non-hydrogen) atoms. The SMILES string of the molecule is O=S(=O)(Nc1ccccc1-c1cn2c(n1)CCCC2)c1c(F)cccc1F. The van der Waals surface area contributed by atoms with Crippen LogP contribution in [0.3, 0.4) is 0 Å². The number of hydrogen-bond donors (Lipinski definition) is 1.